The number of ether oxygens (including phenoxy) is 1. The molecule has 1 aliphatic heterocycles. The molecule has 2 aromatic heterocycles. The lowest BCUT2D eigenvalue weighted by molar-refractivity contribution is -0.138. The van der Waals surface area contributed by atoms with Gasteiger partial charge in [0, 0.05) is 38.3 Å². The molecule has 0 aliphatic carbocycles. The monoisotopic (exact) mass is 573 g/mol. The van der Waals surface area contributed by atoms with E-state index in [1.165, 1.54) is 18.2 Å². The van der Waals surface area contributed by atoms with Gasteiger partial charge in [-0.05, 0) is 29.8 Å². The number of aromatic nitrogens is 3. The van der Waals surface area contributed by atoms with Crippen molar-refractivity contribution in [1.82, 2.24) is 20.0 Å². The SMILES string of the molecule is O=c1[nH]c(-c2ccc(CN(CCN3CCOCC3)c3nc4ccc(C(F)(F)F)cc4s3)cc2C(F)(F)F)no1. The van der Waals surface area contributed by atoms with E-state index in [0.29, 0.717) is 54.7 Å². The van der Waals surface area contributed by atoms with Gasteiger partial charge in [0.05, 0.1) is 34.6 Å². The Labute approximate surface area is 220 Å². The first-order valence-electron chi connectivity index (χ1n) is 11.8. The summed E-state index contributed by atoms with van der Waals surface area (Å²) in [4.78, 5) is 21.8. The number of anilines is 1. The van der Waals surface area contributed by atoms with Gasteiger partial charge in [-0.1, -0.05) is 28.6 Å². The Morgan fingerprint density at radius 2 is 1.79 bits per heavy atom. The van der Waals surface area contributed by atoms with Crippen LogP contribution in [-0.2, 0) is 23.6 Å². The molecule has 0 amide bonds. The van der Waals surface area contributed by atoms with Crippen molar-refractivity contribution >= 4 is 26.7 Å². The molecule has 4 aromatic rings. The summed E-state index contributed by atoms with van der Waals surface area (Å²) < 4.78 is 91.6. The normalized spacial score (nSPS) is 15.2. The third-order valence-corrected chi connectivity index (χ3v) is 7.30. The highest BCUT2D eigenvalue weighted by molar-refractivity contribution is 7.22. The first-order valence-corrected chi connectivity index (χ1v) is 12.6. The van der Waals surface area contributed by atoms with Crippen LogP contribution in [0.4, 0.5) is 31.5 Å². The first kappa shape index (κ1) is 27.1. The van der Waals surface area contributed by atoms with Crippen LogP contribution in [0.3, 0.4) is 0 Å². The van der Waals surface area contributed by atoms with E-state index in [1.54, 1.807) is 4.90 Å². The highest BCUT2D eigenvalue weighted by Gasteiger charge is 2.35. The summed E-state index contributed by atoms with van der Waals surface area (Å²) in [6.07, 6.45) is -9.28. The fraction of sp³-hybridized carbons (Fsp3) is 0.375. The fourth-order valence-corrected chi connectivity index (χ4v) is 5.28. The Morgan fingerprint density at radius 3 is 2.46 bits per heavy atom. The summed E-state index contributed by atoms with van der Waals surface area (Å²) >= 11 is 1.04. The van der Waals surface area contributed by atoms with Crippen molar-refractivity contribution in [3.8, 4) is 11.4 Å². The highest BCUT2D eigenvalue weighted by Crippen LogP contribution is 2.38. The van der Waals surface area contributed by atoms with Gasteiger partial charge in [0.15, 0.2) is 11.0 Å². The van der Waals surface area contributed by atoms with E-state index in [9.17, 15) is 31.1 Å². The molecule has 0 spiro atoms. The second-order valence-corrected chi connectivity index (χ2v) is 9.88. The van der Waals surface area contributed by atoms with Gasteiger partial charge in [0.2, 0.25) is 0 Å². The van der Waals surface area contributed by atoms with E-state index in [4.69, 9.17) is 4.74 Å². The number of aromatic amines is 1. The topological polar surface area (TPSA) is 87.5 Å². The maximum Gasteiger partial charge on any atom is 0.439 e. The fourth-order valence-electron chi connectivity index (χ4n) is 4.25. The summed E-state index contributed by atoms with van der Waals surface area (Å²) in [5.74, 6) is -1.34. The molecule has 0 radical (unpaired) electrons. The van der Waals surface area contributed by atoms with Gasteiger partial charge in [0.1, 0.15) is 0 Å². The average molecular weight is 574 g/mol. The summed E-state index contributed by atoms with van der Waals surface area (Å²) in [6, 6.07) is 6.87. The van der Waals surface area contributed by atoms with Crippen LogP contribution in [0.25, 0.3) is 21.6 Å². The first-order chi connectivity index (χ1) is 18.5. The van der Waals surface area contributed by atoms with Crippen LogP contribution in [0, 0.1) is 0 Å². The molecule has 0 unspecified atom stereocenters. The number of nitrogens with one attached hydrogen (secondary N) is 1. The lowest BCUT2D eigenvalue weighted by atomic mass is 10.0. The van der Waals surface area contributed by atoms with Gasteiger partial charge in [0.25, 0.3) is 0 Å². The van der Waals surface area contributed by atoms with Crippen molar-refractivity contribution in [2.75, 3.05) is 44.3 Å². The van der Waals surface area contributed by atoms with Crippen LogP contribution in [0.1, 0.15) is 16.7 Å². The molecule has 1 saturated heterocycles. The van der Waals surface area contributed by atoms with Gasteiger partial charge < -0.3 is 9.64 Å². The molecular formula is C24H21F6N5O3S. The van der Waals surface area contributed by atoms with E-state index < -0.39 is 29.2 Å². The van der Waals surface area contributed by atoms with Crippen LogP contribution in [0.2, 0.25) is 0 Å². The molecule has 1 N–H and O–H groups in total. The number of hydrogen-bond donors (Lipinski definition) is 1. The van der Waals surface area contributed by atoms with Gasteiger partial charge in [-0.2, -0.15) is 26.3 Å². The number of nitrogens with zero attached hydrogens (tertiary/aromatic N) is 4. The lowest BCUT2D eigenvalue weighted by Gasteiger charge is -2.30. The van der Waals surface area contributed by atoms with Gasteiger partial charge in [-0.25, -0.2) is 9.78 Å². The maximum absolute atomic E-state index is 14.0. The van der Waals surface area contributed by atoms with E-state index >= 15 is 0 Å². The number of hydrogen-bond acceptors (Lipinski definition) is 8. The number of alkyl halides is 6. The molecule has 208 valence electrons. The van der Waals surface area contributed by atoms with Crippen molar-refractivity contribution in [2.24, 2.45) is 0 Å². The number of thiazole rings is 1. The van der Waals surface area contributed by atoms with Crippen molar-refractivity contribution in [1.29, 1.82) is 0 Å². The Kier molecular flexibility index (Phi) is 7.39. The summed E-state index contributed by atoms with van der Waals surface area (Å²) in [7, 11) is 0. The third kappa shape index (κ3) is 6.25. The van der Waals surface area contributed by atoms with E-state index in [1.807, 2.05) is 0 Å². The van der Waals surface area contributed by atoms with Crippen molar-refractivity contribution < 1.29 is 35.6 Å². The van der Waals surface area contributed by atoms with Crippen molar-refractivity contribution in [2.45, 2.75) is 18.9 Å². The number of rotatable bonds is 7. The molecular weight excluding hydrogens is 552 g/mol. The summed E-state index contributed by atoms with van der Waals surface area (Å²) in [5, 5.41) is 3.76. The number of H-pyrrole nitrogens is 1. The van der Waals surface area contributed by atoms with Gasteiger partial charge in [-0.15, -0.1) is 0 Å². The lowest BCUT2D eigenvalue weighted by Crippen LogP contribution is -2.41. The van der Waals surface area contributed by atoms with Crippen molar-refractivity contribution in [3.05, 3.63) is 63.6 Å². The molecule has 0 bridgehead atoms. The molecule has 1 aliphatic rings. The molecule has 39 heavy (non-hydrogen) atoms. The number of halogens is 6. The van der Waals surface area contributed by atoms with E-state index in [2.05, 4.69) is 24.5 Å². The Balaban J connectivity index is 1.48. The van der Waals surface area contributed by atoms with Crippen LogP contribution >= 0.6 is 11.3 Å². The zero-order valence-corrected chi connectivity index (χ0v) is 20.9. The number of morpholine rings is 1. The van der Waals surface area contributed by atoms with Crippen molar-refractivity contribution in [3.63, 3.8) is 0 Å². The van der Waals surface area contributed by atoms with E-state index in [-0.39, 0.29) is 23.5 Å². The quantitative estimate of drug-likeness (QED) is 0.311. The molecule has 3 heterocycles. The number of benzene rings is 2. The molecule has 15 heteroatoms. The van der Waals surface area contributed by atoms with Crippen LogP contribution in [-0.4, -0.2) is 59.4 Å². The average Bonchev–Trinajstić information content (AvgIpc) is 3.51. The summed E-state index contributed by atoms with van der Waals surface area (Å²) in [5.41, 5.74) is -1.52. The summed E-state index contributed by atoms with van der Waals surface area (Å²) in [6.45, 7) is 3.42. The molecule has 8 nitrogen and oxygen atoms in total. The number of fused-ring (bicyclic) bond motifs is 1. The minimum absolute atomic E-state index is 0.00891. The molecule has 5 rings (SSSR count). The molecule has 0 saturated carbocycles. The smallest absolute Gasteiger partial charge is 0.379 e. The van der Waals surface area contributed by atoms with Gasteiger partial charge in [-0.3, -0.25) is 14.4 Å². The Bertz CT molecular complexity index is 1510. The van der Waals surface area contributed by atoms with Gasteiger partial charge >= 0.3 is 18.1 Å². The minimum Gasteiger partial charge on any atom is -0.379 e. The highest BCUT2D eigenvalue weighted by atomic mass is 32.1. The maximum atomic E-state index is 14.0. The van der Waals surface area contributed by atoms with E-state index in [0.717, 1.165) is 29.5 Å². The second kappa shape index (κ2) is 10.6. The predicted molar refractivity (Wildman–Crippen MR) is 130 cm³/mol. The third-order valence-electron chi connectivity index (χ3n) is 6.22. The second-order valence-electron chi connectivity index (χ2n) is 8.87. The Morgan fingerprint density at radius 1 is 1.03 bits per heavy atom. The molecule has 0 atom stereocenters. The predicted octanol–water partition coefficient (Wildman–Crippen LogP) is 5.02. The van der Waals surface area contributed by atoms with Crippen LogP contribution in [0.15, 0.2) is 45.7 Å². The standard InChI is InChI=1S/C24H21F6N5O3S/c25-23(26,27)15-2-4-18-19(12-15)39-21(31-18)35(6-5-34-7-9-37-10-8-34)13-14-1-3-16(17(11-14)24(28,29)30)20-32-22(36)38-33-20/h1-4,11-12H,5-10,13H2,(H,32,33,36). The van der Waals surface area contributed by atoms with Crippen LogP contribution in [0.5, 0.6) is 0 Å². The largest absolute Gasteiger partial charge is 0.439 e. The minimum atomic E-state index is -4.76. The molecule has 1 fully saturated rings. The Hall–Kier alpha value is -3.43. The zero-order chi connectivity index (χ0) is 27.8. The molecule has 2 aromatic carbocycles. The van der Waals surface area contributed by atoms with Crippen LogP contribution < -0.4 is 10.7 Å². The zero-order valence-electron chi connectivity index (χ0n) is 20.1.